The van der Waals surface area contributed by atoms with E-state index in [0.29, 0.717) is 6.61 Å². The van der Waals surface area contributed by atoms with Gasteiger partial charge in [0, 0.05) is 0 Å². The van der Waals surface area contributed by atoms with Crippen molar-refractivity contribution in [1.29, 1.82) is 0 Å². The number of ether oxygens (including phenoxy) is 1. The highest BCUT2D eigenvalue weighted by Crippen LogP contribution is 2.02. The summed E-state index contributed by atoms with van der Waals surface area (Å²) in [4.78, 5) is 14.3. The van der Waals surface area contributed by atoms with Gasteiger partial charge in [0.05, 0.1) is 6.04 Å². The Balaban J connectivity index is 2.57. The lowest BCUT2D eigenvalue weighted by atomic mass is 10.4. The molecule has 10 heavy (non-hydrogen) atoms. The van der Waals surface area contributed by atoms with Crippen LogP contribution in [0.25, 0.3) is 0 Å². The molecule has 1 heterocycles. The molecule has 0 saturated heterocycles. The van der Waals surface area contributed by atoms with Crippen molar-refractivity contribution in [3.63, 3.8) is 0 Å². The van der Waals surface area contributed by atoms with E-state index in [1.165, 1.54) is 5.48 Å². The van der Waals surface area contributed by atoms with Gasteiger partial charge in [-0.2, -0.15) is 0 Å². The largest absolute Gasteiger partial charge is 0.472 e. The fourth-order valence-corrected chi connectivity index (χ4v) is 0.646. The van der Waals surface area contributed by atoms with Crippen LogP contribution < -0.4 is 5.48 Å². The molecule has 0 radical (unpaired) electrons. The Hall–Kier alpha value is -1.10. The van der Waals surface area contributed by atoms with Crippen LogP contribution >= 0.6 is 0 Å². The Morgan fingerprint density at radius 1 is 2.00 bits per heavy atom. The topological polar surface area (TPSA) is 70.9 Å². The number of hydroxylamine groups is 1. The minimum absolute atomic E-state index is 0.00676. The zero-order valence-electron chi connectivity index (χ0n) is 5.50. The Labute approximate surface area is 57.7 Å². The highest BCUT2D eigenvalue weighted by Gasteiger charge is 2.20. The highest BCUT2D eigenvalue weighted by atomic mass is 16.5. The summed E-state index contributed by atoms with van der Waals surface area (Å²) in [6, 6.07) is 0.00676. The SMILES string of the molecule is CC1COC(C(=O)NO)=N1. The van der Waals surface area contributed by atoms with Crippen LogP contribution in [0.5, 0.6) is 0 Å². The van der Waals surface area contributed by atoms with Crippen molar-refractivity contribution in [2.24, 2.45) is 4.99 Å². The first-order valence-corrected chi connectivity index (χ1v) is 2.89. The van der Waals surface area contributed by atoms with Gasteiger partial charge in [0.2, 0.25) is 0 Å². The summed E-state index contributed by atoms with van der Waals surface area (Å²) >= 11 is 0. The third kappa shape index (κ3) is 1.24. The van der Waals surface area contributed by atoms with Crippen molar-refractivity contribution in [2.45, 2.75) is 13.0 Å². The molecule has 0 aromatic rings. The third-order valence-electron chi connectivity index (χ3n) is 1.09. The van der Waals surface area contributed by atoms with Crippen molar-refractivity contribution in [1.82, 2.24) is 5.48 Å². The van der Waals surface area contributed by atoms with Crippen molar-refractivity contribution in [2.75, 3.05) is 6.61 Å². The quantitative estimate of drug-likeness (QED) is 0.378. The van der Waals surface area contributed by atoms with Crippen LogP contribution in [-0.4, -0.2) is 29.7 Å². The van der Waals surface area contributed by atoms with E-state index < -0.39 is 5.91 Å². The van der Waals surface area contributed by atoms with Crippen LogP contribution in [0.1, 0.15) is 6.92 Å². The van der Waals surface area contributed by atoms with E-state index in [1.807, 2.05) is 6.92 Å². The summed E-state index contributed by atoms with van der Waals surface area (Å²) in [7, 11) is 0. The van der Waals surface area contributed by atoms with Crippen molar-refractivity contribution >= 4 is 11.8 Å². The van der Waals surface area contributed by atoms with Gasteiger partial charge in [0.25, 0.3) is 5.90 Å². The minimum Gasteiger partial charge on any atom is -0.472 e. The normalized spacial score (nSPS) is 23.4. The number of amides is 1. The van der Waals surface area contributed by atoms with Crippen LogP contribution in [0.3, 0.4) is 0 Å². The summed E-state index contributed by atoms with van der Waals surface area (Å²) in [5.74, 6) is -0.737. The molecule has 0 aliphatic carbocycles. The van der Waals surface area contributed by atoms with E-state index >= 15 is 0 Å². The van der Waals surface area contributed by atoms with Crippen LogP contribution in [0, 0.1) is 0 Å². The molecule has 0 spiro atoms. The van der Waals surface area contributed by atoms with E-state index in [9.17, 15) is 4.79 Å². The zero-order valence-corrected chi connectivity index (χ0v) is 5.50. The van der Waals surface area contributed by atoms with Crippen molar-refractivity contribution in [3.05, 3.63) is 0 Å². The van der Waals surface area contributed by atoms with Gasteiger partial charge in [-0.3, -0.25) is 10.0 Å². The molecule has 0 fully saturated rings. The fourth-order valence-electron chi connectivity index (χ4n) is 0.646. The smallest absolute Gasteiger partial charge is 0.329 e. The molecular weight excluding hydrogens is 136 g/mol. The predicted molar refractivity (Wildman–Crippen MR) is 32.8 cm³/mol. The predicted octanol–water partition coefficient (Wildman–Crippen LogP) is -0.691. The van der Waals surface area contributed by atoms with E-state index in [-0.39, 0.29) is 11.9 Å². The first-order chi connectivity index (χ1) is 4.74. The molecule has 0 saturated carbocycles. The first-order valence-electron chi connectivity index (χ1n) is 2.89. The maximum atomic E-state index is 10.5. The summed E-state index contributed by atoms with van der Waals surface area (Å²) in [6.07, 6.45) is 0. The van der Waals surface area contributed by atoms with Gasteiger partial charge in [0.15, 0.2) is 0 Å². The number of nitrogens with one attached hydrogen (secondary N) is 1. The molecule has 1 amide bonds. The van der Waals surface area contributed by atoms with E-state index in [4.69, 9.17) is 9.94 Å². The minimum atomic E-state index is -0.690. The van der Waals surface area contributed by atoms with Gasteiger partial charge in [-0.05, 0) is 6.92 Å². The lowest BCUT2D eigenvalue weighted by Crippen LogP contribution is -2.28. The molecule has 1 aliphatic rings. The molecule has 1 atom stereocenters. The molecule has 0 bridgehead atoms. The van der Waals surface area contributed by atoms with Crippen LogP contribution in [0.15, 0.2) is 4.99 Å². The average molecular weight is 144 g/mol. The molecule has 2 N–H and O–H groups in total. The van der Waals surface area contributed by atoms with Crippen LogP contribution in [0.4, 0.5) is 0 Å². The lowest BCUT2D eigenvalue weighted by Gasteiger charge is -1.95. The van der Waals surface area contributed by atoms with Gasteiger partial charge in [-0.1, -0.05) is 0 Å². The Morgan fingerprint density at radius 3 is 3.10 bits per heavy atom. The molecule has 0 aromatic heterocycles. The van der Waals surface area contributed by atoms with E-state index in [2.05, 4.69) is 4.99 Å². The number of hydrogen-bond donors (Lipinski definition) is 2. The molecule has 1 rings (SSSR count). The molecule has 5 nitrogen and oxygen atoms in total. The van der Waals surface area contributed by atoms with E-state index in [0.717, 1.165) is 0 Å². The number of rotatable bonds is 1. The molecule has 0 aromatic carbocycles. The summed E-state index contributed by atoms with van der Waals surface area (Å²) < 4.78 is 4.80. The number of nitrogens with zero attached hydrogens (tertiary/aromatic N) is 1. The fraction of sp³-hybridized carbons (Fsp3) is 0.600. The molecule has 56 valence electrons. The average Bonchev–Trinajstić information content (AvgIpc) is 2.34. The molecule has 1 unspecified atom stereocenters. The zero-order chi connectivity index (χ0) is 7.56. The molecule has 5 heteroatoms. The summed E-state index contributed by atoms with van der Waals surface area (Å²) in [6.45, 7) is 2.22. The Bertz CT molecular complexity index is 178. The number of aliphatic imine (C=N–C) groups is 1. The second-order valence-corrected chi connectivity index (χ2v) is 2.04. The lowest BCUT2D eigenvalue weighted by molar-refractivity contribution is -0.123. The monoisotopic (exact) mass is 144 g/mol. The summed E-state index contributed by atoms with van der Waals surface area (Å²) in [5.41, 5.74) is 1.43. The Kier molecular flexibility index (Phi) is 1.86. The first kappa shape index (κ1) is 7.01. The number of hydrogen-bond acceptors (Lipinski definition) is 4. The van der Waals surface area contributed by atoms with E-state index in [1.54, 1.807) is 0 Å². The third-order valence-corrected chi connectivity index (χ3v) is 1.09. The number of carbonyl (C=O) groups is 1. The maximum absolute atomic E-state index is 10.5. The second-order valence-electron chi connectivity index (χ2n) is 2.04. The van der Waals surface area contributed by atoms with Gasteiger partial charge in [-0.25, -0.2) is 10.5 Å². The molecule has 1 aliphatic heterocycles. The van der Waals surface area contributed by atoms with Crippen LogP contribution in [-0.2, 0) is 9.53 Å². The van der Waals surface area contributed by atoms with Crippen LogP contribution in [0.2, 0.25) is 0 Å². The Morgan fingerprint density at radius 2 is 2.70 bits per heavy atom. The summed E-state index contributed by atoms with van der Waals surface area (Å²) in [5, 5.41) is 8.12. The standard InChI is InChI=1S/C5H8N2O3/c1-3-2-10-5(6-3)4(8)7-9/h3,9H,2H2,1H3,(H,7,8). The van der Waals surface area contributed by atoms with Gasteiger partial charge < -0.3 is 4.74 Å². The maximum Gasteiger partial charge on any atom is 0.329 e. The van der Waals surface area contributed by atoms with Gasteiger partial charge in [0.1, 0.15) is 6.61 Å². The van der Waals surface area contributed by atoms with Gasteiger partial charge in [-0.15, -0.1) is 0 Å². The molecular formula is C5H8N2O3. The number of carbonyl (C=O) groups excluding carboxylic acids is 1. The second kappa shape index (κ2) is 2.66. The van der Waals surface area contributed by atoms with Crippen molar-refractivity contribution < 1.29 is 14.7 Å². The van der Waals surface area contributed by atoms with Crippen molar-refractivity contribution in [3.8, 4) is 0 Å². The van der Waals surface area contributed by atoms with Gasteiger partial charge >= 0.3 is 5.91 Å². The highest BCUT2D eigenvalue weighted by molar-refractivity contribution is 6.35.